The third-order valence-corrected chi connectivity index (χ3v) is 5.40. The summed E-state index contributed by atoms with van der Waals surface area (Å²) in [7, 11) is 1.46. The van der Waals surface area contributed by atoms with Crippen LogP contribution < -0.4 is 4.74 Å². The van der Waals surface area contributed by atoms with Crippen molar-refractivity contribution in [2.24, 2.45) is 0 Å². The number of carbonyl (C=O) groups is 1. The number of hydrogen-bond donors (Lipinski definition) is 1. The lowest BCUT2D eigenvalue weighted by atomic mass is 9.89. The maximum atomic E-state index is 13.3. The molecule has 0 atom stereocenters. The van der Waals surface area contributed by atoms with E-state index >= 15 is 0 Å². The van der Waals surface area contributed by atoms with Crippen LogP contribution in [0.15, 0.2) is 42.6 Å². The van der Waals surface area contributed by atoms with Crippen molar-refractivity contribution in [1.82, 2.24) is 4.98 Å². The van der Waals surface area contributed by atoms with Crippen LogP contribution in [0.4, 0.5) is 13.2 Å². The molecule has 0 bridgehead atoms. The van der Waals surface area contributed by atoms with Crippen molar-refractivity contribution < 1.29 is 27.8 Å². The number of methoxy groups -OCH3 is 1. The van der Waals surface area contributed by atoms with E-state index in [0.717, 1.165) is 28.3 Å². The summed E-state index contributed by atoms with van der Waals surface area (Å²) >= 11 is 0. The first-order valence-electron chi connectivity index (χ1n) is 10.0. The molecule has 168 valence electrons. The summed E-state index contributed by atoms with van der Waals surface area (Å²) < 4.78 is 45.3. The highest BCUT2D eigenvalue weighted by atomic mass is 19.4. The molecule has 32 heavy (non-hydrogen) atoms. The molecule has 3 rings (SSSR count). The number of carboxylic acid groups (broad SMARTS) is 1. The molecule has 1 N–H and O–H groups in total. The minimum absolute atomic E-state index is 0.168. The van der Waals surface area contributed by atoms with E-state index in [1.165, 1.54) is 19.2 Å². The standard InChI is InChI=1S/C25H24F3NO3/c1-13(2)20-11-18(25(26,27)28)6-7-19(20)21-10-17(12-29-23(21)32-5)22-14(3)8-16(24(30)31)9-15(22)4/h6-13H,1-5H3,(H,30,31). The van der Waals surface area contributed by atoms with Gasteiger partial charge in [-0.2, -0.15) is 13.2 Å². The predicted molar refractivity (Wildman–Crippen MR) is 117 cm³/mol. The van der Waals surface area contributed by atoms with E-state index in [9.17, 15) is 23.1 Å². The number of pyridine rings is 1. The lowest BCUT2D eigenvalue weighted by molar-refractivity contribution is -0.137. The van der Waals surface area contributed by atoms with Gasteiger partial charge in [-0.05, 0) is 77.9 Å². The average Bonchev–Trinajstić information content (AvgIpc) is 2.71. The number of alkyl halides is 3. The number of aromatic nitrogens is 1. The Morgan fingerprint density at radius 1 is 1.03 bits per heavy atom. The van der Waals surface area contributed by atoms with Gasteiger partial charge in [0, 0.05) is 17.3 Å². The molecule has 0 radical (unpaired) electrons. The number of nitrogens with zero attached hydrogens (tertiary/aromatic N) is 1. The molecule has 0 amide bonds. The summed E-state index contributed by atoms with van der Waals surface area (Å²) in [5.74, 6) is -0.880. The van der Waals surface area contributed by atoms with Crippen molar-refractivity contribution in [1.29, 1.82) is 0 Å². The summed E-state index contributed by atoms with van der Waals surface area (Å²) in [6, 6.07) is 8.69. The lowest BCUT2D eigenvalue weighted by Crippen LogP contribution is -2.07. The van der Waals surface area contributed by atoms with Crippen LogP contribution in [0.2, 0.25) is 0 Å². The molecular weight excluding hydrogens is 419 g/mol. The average molecular weight is 443 g/mol. The normalized spacial score (nSPS) is 11.7. The number of ether oxygens (including phenoxy) is 1. The number of aromatic carboxylic acids is 1. The Morgan fingerprint density at radius 3 is 2.16 bits per heavy atom. The quantitative estimate of drug-likeness (QED) is 0.467. The molecule has 2 aromatic carbocycles. The van der Waals surface area contributed by atoms with E-state index in [2.05, 4.69) is 4.98 Å². The van der Waals surface area contributed by atoms with Gasteiger partial charge in [-0.25, -0.2) is 9.78 Å². The minimum Gasteiger partial charge on any atom is -0.481 e. The molecule has 7 heteroatoms. The fourth-order valence-electron chi connectivity index (χ4n) is 3.95. The zero-order valence-corrected chi connectivity index (χ0v) is 18.5. The zero-order valence-electron chi connectivity index (χ0n) is 18.5. The van der Waals surface area contributed by atoms with Crippen LogP contribution in [0, 0.1) is 13.8 Å². The second-order valence-electron chi connectivity index (χ2n) is 8.03. The highest BCUT2D eigenvalue weighted by Crippen LogP contribution is 2.40. The second-order valence-corrected chi connectivity index (χ2v) is 8.03. The molecule has 0 aliphatic carbocycles. The Hall–Kier alpha value is -3.35. The van der Waals surface area contributed by atoms with Crippen LogP contribution in [0.3, 0.4) is 0 Å². The maximum Gasteiger partial charge on any atom is 0.416 e. The summed E-state index contributed by atoms with van der Waals surface area (Å²) in [6.07, 6.45) is -2.82. The van der Waals surface area contributed by atoms with Gasteiger partial charge < -0.3 is 9.84 Å². The van der Waals surface area contributed by atoms with Crippen molar-refractivity contribution in [2.75, 3.05) is 7.11 Å². The van der Waals surface area contributed by atoms with E-state index in [1.807, 2.05) is 33.8 Å². The molecule has 0 spiro atoms. The van der Waals surface area contributed by atoms with E-state index in [0.29, 0.717) is 22.6 Å². The third-order valence-electron chi connectivity index (χ3n) is 5.40. The number of rotatable bonds is 5. The number of halogens is 3. The fourth-order valence-corrected chi connectivity index (χ4v) is 3.95. The van der Waals surface area contributed by atoms with Gasteiger partial charge in [0.15, 0.2) is 0 Å². The van der Waals surface area contributed by atoms with E-state index in [-0.39, 0.29) is 11.5 Å². The summed E-state index contributed by atoms with van der Waals surface area (Å²) in [5.41, 5.74) is 4.27. The van der Waals surface area contributed by atoms with Crippen LogP contribution in [0.1, 0.15) is 52.4 Å². The molecule has 0 fully saturated rings. The van der Waals surface area contributed by atoms with Crippen LogP contribution in [-0.2, 0) is 6.18 Å². The highest BCUT2D eigenvalue weighted by molar-refractivity contribution is 5.90. The highest BCUT2D eigenvalue weighted by Gasteiger charge is 2.31. The predicted octanol–water partition coefficient (Wildman–Crippen LogP) is 6.88. The Bertz CT molecular complexity index is 1160. The van der Waals surface area contributed by atoms with Gasteiger partial charge in [-0.3, -0.25) is 0 Å². The molecule has 0 aliphatic rings. The molecular formula is C25H24F3NO3. The number of hydrogen-bond acceptors (Lipinski definition) is 3. The van der Waals surface area contributed by atoms with Crippen molar-refractivity contribution in [3.05, 3.63) is 70.4 Å². The van der Waals surface area contributed by atoms with Gasteiger partial charge in [-0.1, -0.05) is 19.9 Å². The molecule has 1 aromatic heterocycles. The topological polar surface area (TPSA) is 59.4 Å². The molecule has 1 heterocycles. The molecule has 0 saturated carbocycles. The van der Waals surface area contributed by atoms with E-state index in [4.69, 9.17) is 4.74 Å². The second kappa shape index (κ2) is 8.65. The van der Waals surface area contributed by atoms with Crippen LogP contribution in [0.25, 0.3) is 22.3 Å². The van der Waals surface area contributed by atoms with Crippen LogP contribution >= 0.6 is 0 Å². The third kappa shape index (κ3) is 4.47. The van der Waals surface area contributed by atoms with Gasteiger partial charge >= 0.3 is 12.1 Å². The fraction of sp³-hybridized carbons (Fsp3) is 0.280. The Kier molecular flexibility index (Phi) is 6.30. The van der Waals surface area contributed by atoms with Gasteiger partial charge in [0.2, 0.25) is 5.88 Å². The molecule has 0 aliphatic heterocycles. The number of benzene rings is 2. The summed E-state index contributed by atoms with van der Waals surface area (Å²) in [4.78, 5) is 15.8. The summed E-state index contributed by atoms with van der Waals surface area (Å²) in [6.45, 7) is 7.30. The first-order valence-corrected chi connectivity index (χ1v) is 10.0. The smallest absolute Gasteiger partial charge is 0.416 e. The van der Waals surface area contributed by atoms with Crippen molar-refractivity contribution >= 4 is 5.97 Å². The van der Waals surface area contributed by atoms with Gasteiger partial charge in [-0.15, -0.1) is 0 Å². The maximum absolute atomic E-state index is 13.3. The first kappa shape index (κ1) is 23.3. The van der Waals surface area contributed by atoms with Crippen LogP contribution in [-0.4, -0.2) is 23.2 Å². The SMILES string of the molecule is COc1ncc(-c2c(C)cc(C(=O)O)cc2C)cc1-c1ccc(C(F)(F)F)cc1C(C)C. The van der Waals surface area contributed by atoms with Gasteiger partial charge in [0.1, 0.15) is 0 Å². The van der Waals surface area contributed by atoms with Gasteiger partial charge in [0.25, 0.3) is 0 Å². The number of carboxylic acids is 1. The van der Waals surface area contributed by atoms with E-state index < -0.39 is 17.7 Å². The Balaban J connectivity index is 2.25. The molecule has 3 aromatic rings. The Labute approximate surface area is 184 Å². The molecule has 0 saturated heterocycles. The Morgan fingerprint density at radius 2 is 1.66 bits per heavy atom. The van der Waals surface area contributed by atoms with Crippen molar-refractivity contribution in [3.8, 4) is 28.1 Å². The lowest BCUT2D eigenvalue weighted by Gasteiger charge is -2.19. The molecule has 0 unspecified atom stereocenters. The monoisotopic (exact) mass is 443 g/mol. The molecule has 4 nitrogen and oxygen atoms in total. The van der Waals surface area contributed by atoms with Gasteiger partial charge in [0.05, 0.1) is 18.2 Å². The minimum atomic E-state index is -4.44. The zero-order chi connectivity index (χ0) is 23.8. The number of aryl methyl sites for hydroxylation is 2. The van der Waals surface area contributed by atoms with E-state index in [1.54, 1.807) is 18.3 Å². The van der Waals surface area contributed by atoms with Crippen molar-refractivity contribution in [2.45, 2.75) is 39.8 Å². The largest absolute Gasteiger partial charge is 0.481 e. The summed E-state index contributed by atoms with van der Waals surface area (Å²) in [5, 5.41) is 9.31. The van der Waals surface area contributed by atoms with Crippen molar-refractivity contribution in [3.63, 3.8) is 0 Å². The van der Waals surface area contributed by atoms with Crippen LogP contribution in [0.5, 0.6) is 5.88 Å². The first-order chi connectivity index (χ1) is 14.9.